The molecule has 2 rings (SSSR count). The summed E-state index contributed by atoms with van der Waals surface area (Å²) in [7, 11) is 0. The Bertz CT molecular complexity index is 554. The maximum Gasteiger partial charge on any atom is 0.0452 e. The fraction of sp³-hybridized carbons (Fsp3) is 0.333. The molecule has 0 amide bonds. The summed E-state index contributed by atoms with van der Waals surface area (Å²) in [6.07, 6.45) is 2.00. The number of nitrogens with one attached hydrogen (secondary N) is 1. The molecule has 0 saturated carbocycles. The Balaban J connectivity index is 2.08. The van der Waals surface area contributed by atoms with Gasteiger partial charge in [-0.05, 0) is 55.1 Å². The Morgan fingerprint density at radius 3 is 2.43 bits per heavy atom. The standard InChI is InChI=1S/C18H21Cl2N/c1-2-21-13-15(10-14-6-4-3-5-7-14)11-16-8-9-17(19)12-18(16)20/h3-9,12,15,21H,2,10-11,13H2,1H3. The van der Waals surface area contributed by atoms with E-state index in [4.69, 9.17) is 23.2 Å². The minimum Gasteiger partial charge on any atom is -0.317 e. The van der Waals surface area contributed by atoms with Gasteiger partial charge in [0.15, 0.2) is 0 Å². The average Bonchev–Trinajstić information content (AvgIpc) is 2.48. The van der Waals surface area contributed by atoms with Crippen LogP contribution in [0.15, 0.2) is 48.5 Å². The molecule has 0 radical (unpaired) electrons. The highest BCUT2D eigenvalue weighted by molar-refractivity contribution is 6.35. The highest BCUT2D eigenvalue weighted by Gasteiger charge is 2.12. The number of rotatable bonds is 7. The van der Waals surface area contributed by atoms with Crippen molar-refractivity contribution >= 4 is 23.2 Å². The van der Waals surface area contributed by atoms with Crippen LogP contribution in [0.2, 0.25) is 10.0 Å². The van der Waals surface area contributed by atoms with Crippen LogP contribution in [0.1, 0.15) is 18.1 Å². The molecule has 0 heterocycles. The van der Waals surface area contributed by atoms with Crippen LogP contribution in [0.4, 0.5) is 0 Å². The summed E-state index contributed by atoms with van der Waals surface area (Å²) in [6, 6.07) is 16.4. The second kappa shape index (κ2) is 8.43. The third-order valence-corrected chi connectivity index (χ3v) is 4.16. The van der Waals surface area contributed by atoms with Crippen molar-refractivity contribution in [1.82, 2.24) is 5.32 Å². The molecule has 0 spiro atoms. The lowest BCUT2D eigenvalue weighted by atomic mass is 9.92. The predicted molar refractivity (Wildman–Crippen MR) is 92.3 cm³/mol. The van der Waals surface area contributed by atoms with Crippen LogP contribution < -0.4 is 5.32 Å². The molecule has 0 fully saturated rings. The van der Waals surface area contributed by atoms with Crippen LogP contribution >= 0.6 is 23.2 Å². The molecular weight excluding hydrogens is 301 g/mol. The topological polar surface area (TPSA) is 12.0 Å². The molecule has 0 aromatic heterocycles. The largest absolute Gasteiger partial charge is 0.317 e. The van der Waals surface area contributed by atoms with Gasteiger partial charge in [0.25, 0.3) is 0 Å². The number of hydrogen-bond donors (Lipinski definition) is 1. The van der Waals surface area contributed by atoms with E-state index in [1.807, 2.05) is 18.2 Å². The van der Waals surface area contributed by atoms with Crippen molar-refractivity contribution in [3.63, 3.8) is 0 Å². The molecular formula is C18H21Cl2N. The van der Waals surface area contributed by atoms with Crippen LogP contribution in [0.25, 0.3) is 0 Å². The lowest BCUT2D eigenvalue weighted by molar-refractivity contribution is 0.478. The molecule has 0 aliphatic heterocycles. The van der Waals surface area contributed by atoms with E-state index < -0.39 is 0 Å². The van der Waals surface area contributed by atoms with Gasteiger partial charge in [0.2, 0.25) is 0 Å². The van der Waals surface area contributed by atoms with Gasteiger partial charge in [-0.25, -0.2) is 0 Å². The molecule has 3 heteroatoms. The Labute approximate surface area is 137 Å². The van der Waals surface area contributed by atoms with Crippen molar-refractivity contribution in [3.8, 4) is 0 Å². The van der Waals surface area contributed by atoms with E-state index in [2.05, 4.69) is 42.6 Å². The van der Waals surface area contributed by atoms with Gasteiger partial charge in [-0.3, -0.25) is 0 Å². The van der Waals surface area contributed by atoms with Crippen molar-refractivity contribution in [2.24, 2.45) is 5.92 Å². The van der Waals surface area contributed by atoms with Gasteiger partial charge in [0.05, 0.1) is 0 Å². The number of halogens is 2. The first-order chi connectivity index (χ1) is 10.2. The van der Waals surface area contributed by atoms with Crippen LogP contribution in [0.3, 0.4) is 0 Å². The first-order valence-corrected chi connectivity index (χ1v) is 8.13. The van der Waals surface area contributed by atoms with Gasteiger partial charge in [0, 0.05) is 10.0 Å². The minimum absolute atomic E-state index is 0.519. The SMILES string of the molecule is CCNCC(Cc1ccccc1)Cc1ccc(Cl)cc1Cl. The molecule has 112 valence electrons. The smallest absolute Gasteiger partial charge is 0.0452 e. The van der Waals surface area contributed by atoms with Crippen molar-refractivity contribution in [2.45, 2.75) is 19.8 Å². The van der Waals surface area contributed by atoms with E-state index in [0.29, 0.717) is 10.9 Å². The molecule has 2 aromatic carbocycles. The van der Waals surface area contributed by atoms with E-state index in [1.165, 1.54) is 11.1 Å². The summed E-state index contributed by atoms with van der Waals surface area (Å²) >= 11 is 12.3. The average molecular weight is 322 g/mol. The highest BCUT2D eigenvalue weighted by Crippen LogP contribution is 2.24. The lowest BCUT2D eigenvalue weighted by Crippen LogP contribution is -2.25. The van der Waals surface area contributed by atoms with Gasteiger partial charge < -0.3 is 5.32 Å². The molecule has 1 atom stereocenters. The van der Waals surface area contributed by atoms with Gasteiger partial charge in [-0.2, -0.15) is 0 Å². The maximum atomic E-state index is 6.31. The summed E-state index contributed by atoms with van der Waals surface area (Å²) in [4.78, 5) is 0. The van der Waals surface area contributed by atoms with Crippen molar-refractivity contribution in [2.75, 3.05) is 13.1 Å². The third kappa shape index (κ3) is 5.35. The zero-order chi connectivity index (χ0) is 15.1. The fourth-order valence-electron chi connectivity index (χ4n) is 2.51. The van der Waals surface area contributed by atoms with E-state index in [0.717, 1.165) is 31.0 Å². The van der Waals surface area contributed by atoms with Gasteiger partial charge >= 0.3 is 0 Å². The molecule has 0 aliphatic rings. The number of benzene rings is 2. The molecule has 21 heavy (non-hydrogen) atoms. The fourth-order valence-corrected chi connectivity index (χ4v) is 3.00. The summed E-state index contributed by atoms with van der Waals surface area (Å²) in [5, 5.41) is 4.90. The molecule has 0 aliphatic carbocycles. The maximum absolute atomic E-state index is 6.31. The zero-order valence-corrected chi connectivity index (χ0v) is 13.8. The summed E-state index contributed by atoms with van der Waals surface area (Å²) < 4.78 is 0. The van der Waals surface area contributed by atoms with Gasteiger partial charge in [0.1, 0.15) is 0 Å². The van der Waals surface area contributed by atoms with Crippen molar-refractivity contribution in [1.29, 1.82) is 0 Å². The first-order valence-electron chi connectivity index (χ1n) is 7.37. The van der Waals surface area contributed by atoms with Gasteiger partial charge in [-0.1, -0.05) is 66.5 Å². The van der Waals surface area contributed by atoms with E-state index in [1.54, 1.807) is 0 Å². The molecule has 1 unspecified atom stereocenters. The Morgan fingerprint density at radius 1 is 1.00 bits per heavy atom. The van der Waals surface area contributed by atoms with Crippen LogP contribution in [0, 0.1) is 5.92 Å². The second-order valence-electron chi connectivity index (χ2n) is 5.30. The van der Waals surface area contributed by atoms with Crippen LogP contribution in [-0.4, -0.2) is 13.1 Å². The van der Waals surface area contributed by atoms with Crippen LogP contribution in [-0.2, 0) is 12.8 Å². The van der Waals surface area contributed by atoms with Crippen molar-refractivity contribution < 1.29 is 0 Å². The lowest BCUT2D eigenvalue weighted by Gasteiger charge is -2.18. The van der Waals surface area contributed by atoms with Gasteiger partial charge in [-0.15, -0.1) is 0 Å². The Hall–Kier alpha value is -1.02. The van der Waals surface area contributed by atoms with E-state index in [-0.39, 0.29) is 0 Å². The zero-order valence-electron chi connectivity index (χ0n) is 12.3. The Kier molecular flexibility index (Phi) is 6.56. The van der Waals surface area contributed by atoms with E-state index >= 15 is 0 Å². The van der Waals surface area contributed by atoms with E-state index in [9.17, 15) is 0 Å². The molecule has 2 aromatic rings. The normalized spacial score (nSPS) is 12.3. The first kappa shape index (κ1) is 16.4. The Morgan fingerprint density at radius 2 is 1.76 bits per heavy atom. The molecule has 0 saturated heterocycles. The summed E-state index contributed by atoms with van der Waals surface area (Å²) in [5.74, 6) is 0.519. The summed E-state index contributed by atoms with van der Waals surface area (Å²) in [5.41, 5.74) is 2.53. The molecule has 1 N–H and O–H groups in total. The molecule has 0 bridgehead atoms. The highest BCUT2D eigenvalue weighted by atomic mass is 35.5. The third-order valence-electron chi connectivity index (χ3n) is 3.57. The monoisotopic (exact) mass is 321 g/mol. The minimum atomic E-state index is 0.519. The number of hydrogen-bond acceptors (Lipinski definition) is 1. The quantitative estimate of drug-likeness (QED) is 0.756. The van der Waals surface area contributed by atoms with Crippen LogP contribution in [0.5, 0.6) is 0 Å². The second-order valence-corrected chi connectivity index (χ2v) is 6.15. The summed E-state index contributed by atoms with van der Waals surface area (Å²) in [6.45, 7) is 4.11. The van der Waals surface area contributed by atoms with Crippen molar-refractivity contribution in [3.05, 3.63) is 69.7 Å². The predicted octanol–water partition coefficient (Wildman–Crippen LogP) is 5.00. The molecule has 1 nitrogen and oxygen atoms in total.